The number of hydrogen-bond acceptors (Lipinski definition) is 3. The third-order valence-corrected chi connectivity index (χ3v) is 2.82. The molecule has 90 valence electrons. The van der Waals surface area contributed by atoms with Crippen molar-refractivity contribution in [3.05, 3.63) is 58.9 Å². The molecular formula is C14H11ClN2O. The molecule has 2 rings (SSSR count). The van der Waals surface area contributed by atoms with Gasteiger partial charge in [-0.25, -0.2) is 4.98 Å². The minimum Gasteiger partial charge on any atom is -0.496 e. The van der Waals surface area contributed by atoms with Crippen LogP contribution in [0.1, 0.15) is 17.2 Å². The van der Waals surface area contributed by atoms with Crippen LogP contribution in [0.25, 0.3) is 0 Å². The average Bonchev–Trinajstić information content (AvgIpc) is 2.40. The molecule has 18 heavy (non-hydrogen) atoms. The number of para-hydroxylation sites is 1. The standard InChI is InChI=1S/C14H11ClN2O/c1-18-13-7-3-2-5-10(13)11(9-16)12-6-4-8-14(15)17-12/h2-8,11H,1H3/t11-/m1/s1. The molecule has 0 radical (unpaired) electrons. The van der Waals surface area contributed by atoms with Gasteiger partial charge in [0.05, 0.1) is 18.9 Å². The van der Waals surface area contributed by atoms with Crippen LogP contribution in [0.3, 0.4) is 0 Å². The Balaban J connectivity index is 2.49. The molecule has 0 aliphatic heterocycles. The Labute approximate surface area is 111 Å². The summed E-state index contributed by atoms with van der Waals surface area (Å²) in [6.45, 7) is 0. The highest BCUT2D eigenvalue weighted by molar-refractivity contribution is 6.29. The zero-order valence-electron chi connectivity index (χ0n) is 9.80. The van der Waals surface area contributed by atoms with Gasteiger partial charge in [-0.2, -0.15) is 5.26 Å². The number of hydrogen-bond donors (Lipinski definition) is 0. The normalized spacial score (nSPS) is 11.6. The molecule has 3 nitrogen and oxygen atoms in total. The molecule has 0 amide bonds. The van der Waals surface area contributed by atoms with Gasteiger partial charge in [0.1, 0.15) is 16.8 Å². The first-order valence-electron chi connectivity index (χ1n) is 5.41. The fourth-order valence-electron chi connectivity index (χ4n) is 1.78. The van der Waals surface area contributed by atoms with Gasteiger partial charge in [0.15, 0.2) is 0 Å². The predicted octanol–water partition coefficient (Wildman–Crippen LogP) is 3.40. The zero-order valence-corrected chi connectivity index (χ0v) is 10.6. The van der Waals surface area contributed by atoms with Gasteiger partial charge in [-0.3, -0.25) is 0 Å². The lowest BCUT2D eigenvalue weighted by atomic mass is 9.96. The second-order valence-corrected chi connectivity index (χ2v) is 4.08. The molecule has 0 bridgehead atoms. The second-order valence-electron chi connectivity index (χ2n) is 3.69. The summed E-state index contributed by atoms with van der Waals surface area (Å²) in [7, 11) is 1.58. The van der Waals surface area contributed by atoms with Gasteiger partial charge in [-0.1, -0.05) is 35.9 Å². The molecule has 1 aromatic carbocycles. The molecule has 0 N–H and O–H groups in total. The second kappa shape index (κ2) is 5.52. The van der Waals surface area contributed by atoms with E-state index in [0.29, 0.717) is 16.6 Å². The van der Waals surface area contributed by atoms with Crippen LogP contribution in [-0.2, 0) is 0 Å². The van der Waals surface area contributed by atoms with Crippen molar-refractivity contribution < 1.29 is 4.74 Å². The van der Waals surface area contributed by atoms with Crippen molar-refractivity contribution in [2.45, 2.75) is 5.92 Å². The first-order valence-corrected chi connectivity index (χ1v) is 5.79. The van der Waals surface area contributed by atoms with E-state index in [-0.39, 0.29) is 0 Å². The first-order chi connectivity index (χ1) is 8.76. The van der Waals surface area contributed by atoms with Crippen LogP contribution in [0.4, 0.5) is 0 Å². The van der Waals surface area contributed by atoms with E-state index in [1.165, 1.54) is 0 Å². The van der Waals surface area contributed by atoms with E-state index in [4.69, 9.17) is 16.3 Å². The van der Waals surface area contributed by atoms with Crippen molar-refractivity contribution in [3.63, 3.8) is 0 Å². The Bertz CT molecular complexity index is 592. The van der Waals surface area contributed by atoms with E-state index in [1.54, 1.807) is 25.3 Å². The molecule has 0 spiro atoms. The third-order valence-electron chi connectivity index (χ3n) is 2.61. The minimum absolute atomic E-state index is 0.377. The summed E-state index contributed by atoms with van der Waals surface area (Å²) in [6.07, 6.45) is 0. The van der Waals surface area contributed by atoms with Gasteiger partial charge in [0.25, 0.3) is 0 Å². The van der Waals surface area contributed by atoms with Crippen molar-refractivity contribution in [2.75, 3.05) is 7.11 Å². The molecule has 1 aromatic heterocycles. The summed E-state index contributed by atoms with van der Waals surface area (Å²) < 4.78 is 5.27. The minimum atomic E-state index is -0.486. The van der Waals surface area contributed by atoms with E-state index >= 15 is 0 Å². The number of nitrogens with zero attached hydrogens (tertiary/aromatic N) is 2. The number of halogens is 1. The van der Waals surface area contributed by atoms with E-state index in [2.05, 4.69) is 11.1 Å². The third kappa shape index (κ3) is 2.44. The first kappa shape index (κ1) is 12.4. The van der Waals surface area contributed by atoms with E-state index in [1.807, 2.05) is 24.3 Å². The number of nitriles is 1. The number of rotatable bonds is 3. The number of ether oxygens (including phenoxy) is 1. The van der Waals surface area contributed by atoms with Crippen molar-refractivity contribution >= 4 is 11.6 Å². The molecule has 0 saturated carbocycles. The highest BCUT2D eigenvalue weighted by Crippen LogP contribution is 2.30. The smallest absolute Gasteiger partial charge is 0.129 e. The summed E-state index contributed by atoms with van der Waals surface area (Å²) in [5.41, 5.74) is 1.41. The number of benzene rings is 1. The largest absolute Gasteiger partial charge is 0.496 e. The van der Waals surface area contributed by atoms with Crippen molar-refractivity contribution in [2.24, 2.45) is 0 Å². The summed E-state index contributed by atoms with van der Waals surface area (Å²) in [5, 5.41) is 9.73. The van der Waals surface area contributed by atoms with Gasteiger partial charge >= 0.3 is 0 Å². The summed E-state index contributed by atoms with van der Waals surface area (Å²) in [4.78, 5) is 4.18. The predicted molar refractivity (Wildman–Crippen MR) is 69.7 cm³/mol. The topological polar surface area (TPSA) is 45.9 Å². The Morgan fingerprint density at radius 1 is 1.22 bits per heavy atom. The molecule has 0 aliphatic carbocycles. The monoisotopic (exact) mass is 258 g/mol. The Morgan fingerprint density at radius 3 is 2.67 bits per heavy atom. The maximum atomic E-state index is 9.36. The molecule has 0 saturated heterocycles. The molecular weight excluding hydrogens is 248 g/mol. The Hall–Kier alpha value is -2.05. The maximum Gasteiger partial charge on any atom is 0.129 e. The fraction of sp³-hybridized carbons (Fsp3) is 0.143. The van der Waals surface area contributed by atoms with Crippen LogP contribution >= 0.6 is 11.6 Å². The highest BCUT2D eigenvalue weighted by Gasteiger charge is 2.18. The van der Waals surface area contributed by atoms with E-state index in [0.717, 1.165) is 5.56 Å². The molecule has 1 atom stereocenters. The van der Waals surface area contributed by atoms with Crippen LogP contribution in [0.5, 0.6) is 5.75 Å². The summed E-state index contributed by atoms with van der Waals surface area (Å²) in [6, 6.07) is 14.9. The highest BCUT2D eigenvalue weighted by atomic mass is 35.5. The lowest BCUT2D eigenvalue weighted by Crippen LogP contribution is -2.03. The zero-order chi connectivity index (χ0) is 13.0. The molecule has 0 unspecified atom stereocenters. The van der Waals surface area contributed by atoms with Crippen molar-refractivity contribution in [1.82, 2.24) is 4.98 Å². The van der Waals surface area contributed by atoms with Crippen LogP contribution in [-0.4, -0.2) is 12.1 Å². The quantitative estimate of drug-likeness (QED) is 0.793. The van der Waals surface area contributed by atoms with Crippen LogP contribution in [0.15, 0.2) is 42.5 Å². The Morgan fingerprint density at radius 2 is 2.00 bits per heavy atom. The SMILES string of the molecule is COc1ccccc1[C@@H](C#N)c1cccc(Cl)n1. The molecule has 1 heterocycles. The van der Waals surface area contributed by atoms with Crippen LogP contribution in [0.2, 0.25) is 5.15 Å². The summed E-state index contributed by atoms with van der Waals surface area (Å²) >= 11 is 5.86. The average molecular weight is 259 g/mol. The van der Waals surface area contributed by atoms with Crippen LogP contribution < -0.4 is 4.74 Å². The Kier molecular flexibility index (Phi) is 3.81. The lowest BCUT2D eigenvalue weighted by Gasteiger charge is -2.13. The molecule has 4 heteroatoms. The van der Waals surface area contributed by atoms with E-state index in [9.17, 15) is 5.26 Å². The number of aromatic nitrogens is 1. The summed E-state index contributed by atoms with van der Waals surface area (Å²) in [5.74, 6) is 0.186. The van der Waals surface area contributed by atoms with Crippen molar-refractivity contribution in [1.29, 1.82) is 5.26 Å². The lowest BCUT2D eigenvalue weighted by molar-refractivity contribution is 0.409. The number of pyridine rings is 1. The van der Waals surface area contributed by atoms with E-state index < -0.39 is 5.92 Å². The molecule has 0 aliphatic rings. The maximum absolute atomic E-state index is 9.36. The molecule has 2 aromatic rings. The number of methoxy groups -OCH3 is 1. The van der Waals surface area contributed by atoms with Gasteiger partial charge in [0.2, 0.25) is 0 Å². The van der Waals surface area contributed by atoms with Gasteiger partial charge < -0.3 is 4.74 Å². The van der Waals surface area contributed by atoms with Crippen molar-refractivity contribution in [3.8, 4) is 11.8 Å². The van der Waals surface area contributed by atoms with Gasteiger partial charge in [-0.05, 0) is 18.2 Å². The van der Waals surface area contributed by atoms with Gasteiger partial charge in [0, 0.05) is 5.56 Å². The molecule has 0 fully saturated rings. The fourth-order valence-corrected chi connectivity index (χ4v) is 1.95. The van der Waals surface area contributed by atoms with Crippen LogP contribution in [0, 0.1) is 11.3 Å². The van der Waals surface area contributed by atoms with Gasteiger partial charge in [-0.15, -0.1) is 0 Å².